The molecule has 398 valence electrons. The molecule has 71 heavy (non-hydrogen) atoms. The van der Waals surface area contributed by atoms with Crippen LogP contribution in [-0.2, 0) is 28.6 Å². The van der Waals surface area contributed by atoms with Crippen molar-refractivity contribution >= 4 is 17.9 Å². The van der Waals surface area contributed by atoms with Crippen LogP contribution in [0.4, 0.5) is 0 Å². The molecule has 0 unspecified atom stereocenters. The number of ether oxygens (including phenoxy) is 3. The topological polar surface area (TPSA) is 78.9 Å². The van der Waals surface area contributed by atoms with Crippen LogP contribution in [0.3, 0.4) is 0 Å². The van der Waals surface area contributed by atoms with Gasteiger partial charge < -0.3 is 14.2 Å². The van der Waals surface area contributed by atoms with E-state index >= 15 is 0 Å². The van der Waals surface area contributed by atoms with E-state index in [0.29, 0.717) is 19.3 Å². The summed E-state index contributed by atoms with van der Waals surface area (Å²) in [6.45, 7) is 6.27. The third-order valence-corrected chi connectivity index (χ3v) is 11.3. The van der Waals surface area contributed by atoms with E-state index in [1.807, 2.05) is 12.2 Å². The Morgan fingerprint density at radius 1 is 0.296 bits per heavy atom. The van der Waals surface area contributed by atoms with Gasteiger partial charge in [-0.2, -0.15) is 0 Å². The summed E-state index contributed by atoms with van der Waals surface area (Å²) < 4.78 is 16.7. The summed E-state index contributed by atoms with van der Waals surface area (Å²) in [6, 6.07) is 0. The third kappa shape index (κ3) is 56.1. The molecule has 0 aliphatic carbocycles. The molecular formula is C65H102O6. The molecule has 0 heterocycles. The molecule has 0 saturated carbocycles. The number of carbonyl (C=O) groups excluding carboxylic acids is 3. The van der Waals surface area contributed by atoms with E-state index in [-0.39, 0.29) is 38.0 Å². The molecular weight excluding hydrogens is 877 g/mol. The Morgan fingerprint density at radius 3 is 0.944 bits per heavy atom. The van der Waals surface area contributed by atoms with E-state index < -0.39 is 12.1 Å². The van der Waals surface area contributed by atoms with Crippen molar-refractivity contribution < 1.29 is 28.6 Å². The number of carbonyl (C=O) groups is 3. The zero-order chi connectivity index (χ0) is 51.4. The van der Waals surface area contributed by atoms with E-state index in [9.17, 15) is 14.4 Å². The van der Waals surface area contributed by atoms with Crippen LogP contribution in [0.15, 0.2) is 146 Å². The lowest BCUT2D eigenvalue weighted by Crippen LogP contribution is -2.30. The first-order chi connectivity index (χ1) is 35.0. The first-order valence-electron chi connectivity index (χ1n) is 28.3. The van der Waals surface area contributed by atoms with Crippen molar-refractivity contribution in [1.82, 2.24) is 0 Å². The highest BCUT2D eigenvalue weighted by Gasteiger charge is 2.19. The van der Waals surface area contributed by atoms with Crippen LogP contribution < -0.4 is 0 Å². The predicted octanol–water partition coefficient (Wildman–Crippen LogP) is 19.2. The molecule has 0 saturated heterocycles. The molecule has 0 aromatic heterocycles. The van der Waals surface area contributed by atoms with E-state index in [1.165, 1.54) is 70.6 Å². The highest BCUT2D eigenvalue weighted by molar-refractivity contribution is 5.71. The van der Waals surface area contributed by atoms with E-state index in [4.69, 9.17) is 14.2 Å². The normalized spacial score (nSPS) is 13.2. The zero-order valence-corrected chi connectivity index (χ0v) is 45.4. The second-order valence-electron chi connectivity index (χ2n) is 18.1. The molecule has 0 aliphatic rings. The highest BCUT2D eigenvalue weighted by atomic mass is 16.6. The average Bonchev–Trinajstić information content (AvgIpc) is 3.37. The minimum atomic E-state index is -0.844. The van der Waals surface area contributed by atoms with Gasteiger partial charge in [-0.3, -0.25) is 14.4 Å². The summed E-state index contributed by atoms with van der Waals surface area (Å²) in [4.78, 5) is 38.1. The highest BCUT2D eigenvalue weighted by Crippen LogP contribution is 2.13. The van der Waals surface area contributed by atoms with Gasteiger partial charge in [0, 0.05) is 19.3 Å². The Balaban J connectivity index is 4.58. The number of esters is 3. The van der Waals surface area contributed by atoms with Gasteiger partial charge in [-0.1, -0.05) is 224 Å². The second-order valence-corrected chi connectivity index (χ2v) is 18.1. The minimum absolute atomic E-state index is 0.129. The van der Waals surface area contributed by atoms with Crippen LogP contribution in [0, 0.1) is 0 Å². The SMILES string of the molecule is CC/C=C\C/C=C\C/C=C\C/C=C\C/C=C\C/C=C\CCC(=O)O[C@H](COC(=O)CCCC/C=C\C/C=C\C/C=C\C/C=C\CC)COC(=O)CCCCCCCCCCC/C=C\C/C=C\CCCCC. The molecule has 0 radical (unpaired) electrons. The Hall–Kier alpha value is -4.71. The molecule has 1 atom stereocenters. The number of unbranched alkanes of at least 4 members (excludes halogenated alkanes) is 14. The monoisotopic (exact) mass is 979 g/mol. The summed E-state index contributed by atoms with van der Waals surface area (Å²) in [6.07, 6.45) is 82.8. The van der Waals surface area contributed by atoms with Crippen LogP contribution in [0.5, 0.6) is 0 Å². The van der Waals surface area contributed by atoms with Crippen LogP contribution in [0.2, 0.25) is 0 Å². The van der Waals surface area contributed by atoms with Crippen molar-refractivity contribution in [2.45, 2.75) is 232 Å². The Morgan fingerprint density at radius 2 is 0.577 bits per heavy atom. The van der Waals surface area contributed by atoms with E-state index in [0.717, 1.165) is 103 Å². The summed E-state index contributed by atoms with van der Waals surface area (Å²) in [5, 5.41) is 0. The van der Waals surface area contributed by atoms with Gasteiger partial charge >= 0.3 is 17.9 Å². The standard InChI is InChI=1S/C65H102O6/c1-4-7-10-13-16-19-22-25-28-30-32-34-37-40-43-46-49-52-55-58-64(67)70-61-62(60-69-63(66)57-54-51-48-45-42-39-36-27-24-21-18-15-12-9-6-3)71-65(68)59-56-53-50-47-44-41-38-35-33-31-29-26-23-20-17-14-11-8-5-2/h8-9,11-12,16-21,25-29,33,35-36,41-42,44-45,50,53,62H,4-7,10,13-15,22-24,30-32,34,37-40,43,46-49,51-52,54-61H2,1-3H3/b11-8-,12-9-,19-16-,20-17-,21-18-,28-25-,29-26-,35-33-,36-27-,44-41-,45-42-,53-50-/t62-/m1/s1. The van der Waals surface area contributed by atoms with Gasteiger partial charge in [0.25, 0.3) is 0 Å². The number of hydrogen-bond acceptors (Lipinski definition) is 6. The molecule has 0 fully saturated rings. The van der Waals surface area contributed by atoms with Crippen molar-refractivity contribution in [3.8, 4) is 0 Å². The van der Waals surface area contributed by atoms with Crippen LogP contribution in [-0.4, -0.2) is 37.2 Å². The summed E-state index contributed by atoms with van der Waals surface area (Å²) in [5.74, 6) is -1.07. The van der Waals surface area contributed by atoms with Crippen LogP contribution >= 0.6 is 0 Å². The van der Waals surface area contributed by atoms with Gasteiger partial charge in [0.2, 0.25) is 0 Å². The van der Waals surface area contributed by atoms with Crippen molar-refractivity contribution in [2.75, 3.05) is 13.2 Å². The Bertz CT molecular complexity index is 1590. The second kappa shape index (κ2) is 57.9. The molecule has 0 aromatic rings. The predicted molar refractivity (Wildman–Crippen MR) is 306 cm³/mol. The fourth-order valence-corrected chi connectivity index (χ4v) is 7.13. The molecule has 6 nitrogen and oxygen atoms in total. The lowest BCUT2D eigenvalue weighted by molar-refractivity contribution is -0.166. The molecule has 0 rings (SSSR count). The van der Waals surface area contributed by atoms with Crippen molar-refractivity contribution in [3.63, 3.8) is 0 Å². The molecule has 0 aromatic carbocycles. The molecule has 0 bridgehead atoms. The number of hydrogen-bond donors (Lipinski definition) is 0. The van der Waals surface area contributed by atoms with Crippen molar-refractivity contribution in [2.24, 2.45) is 0 Å². The maximum absolute atomic E-state index is 12.8. The average molecular weight is 980 g/mol. The molecule has 0 amide bonds. The Labute approximate surface area is 436 Å². The smallest absolute Gasteiger partial charge is 0.306 e. The van der Waals surface area contributed by atoms with Gasteiger partial charge in [-0.25, -0.2) is 0 Å². The molecule has 6 heteroatoms. The zero-order valence-electron chi connectivity index (χ0n) is 45.4. The molecule has 0 spiro atoms. The van der Waals surface area contributed by atoms with Crippen LogP contribution in [0.25, 0.3) is 0 Å². The first kappa shape index (κ1) is 66.3. The molecule has 0 N–H and O–H groups in total. The first-order valence-corrected chi connectivity index (χ1v) is 28.3. The third-order valence-electron chi connectivity index (χ3n) is 11.3. The quantitative estimate of drug-likeness (QED) is 0.0262. The van der Waals surface area contributed by atoms with Gasteiger partial charge in [0.05, 0.1) is 0 Å². The van der Waals surface area contributed by atoms with E-state index in [1.54, 1.807) is 0 Å². The molecule has 0 aliphatic heterocycles. The minimum Gasteiger partial charge on any atom is -0.462 e. The van der Waals surface area contributed by atoms with E-state index in [2.05, 4.69) is 154 Å². The summed E-state index contributed by atoms with van der Waals surface area (Å²) >= 11 is 0. The summed E-state index contributed by atoms with van der Waals surface area (Å²) in [5.41, 5.74) is 0. The van der Waals surface area contributed by atoms with Gasteiger partial charge in [-0.15, -0.1) is 0 Å². The maximum atomic E-state index is 12.8. The maximum Gasteiger partial charge on any atom is 0.306 e. The number of rotatable bonds is 49. The van der Waals surface area contributed by atoms with Gasteiger partial charge in [0.15, 0.2) is 6.10 Å². The van der Waals surface area contributed by atoms with Crippen LogP contribution in [0.1, 0.15) is 226 Å². The largest absolute Gasteiger partial charge is 0.462 e. The van der Waals surface area contributed by atoms with Crippen molar-refractivity contribution in [3.05, 3.63) is 146 Å². The number of allylic oxidation sites excluding steroid dienone is 24. The van der Waals surface area contributed by atoms with Gasteiger partial charge in [-0.05, 0) is 128 Å². The fourth-order valence-electron chi connectivity index (χ4n) is 7.13. The lowest BCUT2D eigenvalue weighted by atomic mass is 10.1. The lowest BCUT2D eigenvalue weighted by Gasteiger charge is -2.18. The Kier molecular flexibility index (Phi) is 54.0. The van der Waals surface area contributed by atoms with Gasteiger partial charge in [0.1, 0.15) is 13.2 Å². The van der Waals surface area contributed by atoms with Crippen molar-refractivity contribution in [1.29, 1.82) is 0 Å². The fraction of sp³-hybridized carbons (Fsp3) is 0.585. The summed E-state index contributed by atoms with van der Waals surface area (Å²) in [7, 11) is 0.